The maximum Gasteiger partial charge on any atom is 0.112 e. The summed E-state index contributed by atoms with van der Waals surface area (Å²) in [5.74, 6) is 5.53. The third-order valence-corrected chi connectivity index (χ3v) is 1.03. The largest absolute Gasteiger partial charge is 0.246 e. The van der Waals surface area contributed by atoms with E-state index in [1.165, 1.54) is 0 Å². The molecule has 1 aliphatic rings. The van der Waals surface area contributed by atoms with Gasteiger partial charge in [-0.05, 0) is 6.42 Å². The molecule has 0 aromatic rings. The highest BCUT2D eigenvalue weighted by molar-refractivity contribution is 5.04. The van der Waals surface area contributed by atoms with Crippen LogP contribution in [0.4, 0.5) is 4.39 Å². The Hall–Kier alpha value is -0.510. The van der Waals surface area contributed by atoms with E-state index in [0.29, 0.717) is 12.8 Å². The van der Waals surface area contributed by atoms with Gasteiger partial charge in [0.25, 0.3) is 0 Å². The molecule has 0 radical (unpaired) electrons. The molecule has 0 nitrogen and oxygen atoms in total. The van der Waals surface area contributed by atoms with Gasteiger partial charge in [0.15, 0.2) is 0 Å². The van der Waals surface area contributed by atoms with Crippen LogP contribution in [0.1, 0.15) is 19.3 Å². The maximum absolute atomic E-state index is 12.1. The Balaban J connectivity index is 2.39. The van der Waals surface area contributed by atoms with Crippen molar-refractivity contribution >= 4 is 0 Å². The van der Waals surface area contributed by atoms with Gasteiger partial charge in [0.1, 0.15) is 6.17 Å². The van der Waals surface area contributed by atoms with Gasteiger partial charge < -0.3 is 0 Å². The molecule has 38 valence electrons. The maximum atomic E-state index is 12.1. The van der Waals surface area contributed by atoms with Gasteiger partial charge in [-0.25, -0.2) is 4.39 Å². The fourth-order valence-corrected chi connectivity index (χ4v) is 0.602. The van der Waals surface area contributed by atoms with E-state index in [-0.39, 0.29) is 0 Å². The predicted octanol–water partition coefficient (Wildman–Crippen LogP) is 1.51. The van der Waals surface area contributed by atoms with Crippen LogP contribution < -0.4 is 0 Å². The topological polar surface area (TPSA) is 0 Å². The molecule has 1 unspecified atom stereocenters. The van der Waals surface area contributed by atoms with E-state index in [4.69, 9.17) is 0 Å². The van der Waals surface area contributed by atoms with Crippen molar-refractivity contribution in [3.8, 4) is 11.8 Å². The second-order valence-corrected chi connectivity index (χ2v) is 1.69. The van der Waals surface area contributed by atoms with Gasteiger partial charge in [-0.1, -0.05) is 0 Å². The molecule has 0 aliphatic heterocycles. The van der Waals surface area contributed by atoms with Crippen molar-refractivity contribution in [3.05, 3.63) is 0 Å². The average molecular weight is 98.1 g/mol. The van der Waals surface area contributed by atoms with Gasteiger partial charge >= 0.3 is 0 Å². The third kappa shape index (κ3) is 1.19. The van der Waals surface area contributed by atoms with E-state index in [1.54, 1.807) is 0 Å². The zero-order chi connectivity index (χ0) is 5.11. The summed E-state index contributed by atoms with van der Waals surface area (Å²) in [6.07, 6.45) is 1.22. The Morgan fingerprint density at radius 2 is 2.29 bits per heavy atom. The van der Waals surface area contributed by atoms with Gasteiger partial charge in [-0.15, -0.1) is 11.8 Å². The Morgan fingerprint density at radius 1 is 1.43 bits per heavy atom. The minimum atomic E-state index is -0.638. The lowest BCUT2D eigenvalue weighted by molar-refractivity contribution is 0.319. The highest BCUT2D eigenvalue weighted by Gasteiger charge is 2.04. The number of hydrogen-bond acceptors (Lipinski definition) is 0. The molecule has 1 atom stereocenters. The predicted molar refractivity (Wildman–Crippen MR) is 26.5 cm³/mol. The van der Waals surface area contributed by atoms with Crippen LogP contribution in [0, 0.1) is 11.8 Å². The summed E-state index contributed by atoms with van der Waals surface area (Å²) in [4.78, 5) is 0. The van der Waals surface area contributed by atoms with Crippen LogP contribution in [0.3, 0.4) is 0 Å². The van der Waals surface area contributed by atoms with Crippen molar-refractivity contribution < 1.29 is 4.39 Å². The van der Waals surface area contributed by atoms with Crippen LogP contribution in [-0.4, -0.2) is 6.17 Å². The molecule has 0 N–H and O–H groups in total. The lowest BCUT2D eigenvalue weighted by atomic mass is 10.1. The molecule has 0 amide bonds. The van der Waals surface area contributed by atoms with Gasteiger partial charge in [0.05, 0.1) is 0 Å². The molecular weight excluding hydrogens is 91.1 g/mol. The van der Waals surface area contributed by atoms with Crippen molar-refractivity contribution in [1.29, 1.82) is 0 Å². The SMILES string of the molecule is FC1CC#CCC1. The molecule has 0 saturated carbocycles. The second-order valence-electron chi connectivity index (χ2n) is 1.69. The summed E-state index contributed by atoms with van der Waals surface area (Å²) < 4.78 is 12.1. The highest BCUT2D eigenvalue weighted by atomic mass is 19.1. The number of alkyl halides is 1. The fraction of sp³-hybridized carbons (Fsp3) is 0.667. The number of halogens is 1. The van der Waals surface area contributed by atoms with E-state index in [9.17, 15) is 4.39 Å². The fourth-order valence-electron chi connectivity index (χ4n) is 0.602. The zero-order valence-corrected chi connectivity index (χ0v) is 4.08. The van der Waals surface area contributed by atoms with E-state index < -0.39 is 6.17 Å². The first-order valence-corrected chi connectivity index (χ1v) is 2.49. The quantitative estimate of drug-likeness (QED) is 0.403. The summed E-state index contributed by atoms with van der Waals surface area (Å²) in [5.41, 5.74) is 0. The molecule has 0 heterocycles. The summed E-state index contributed by atoms with van der Waals surface area (Å²) in [5, 5.41) is 0. The summed E-state index contributed by atoms with van der Waals surface area (Å²) in [7, 11) is 0. The zero-order valence-electron chi connectivity index (χ0n) is 4.08. The minimum Gasteiger partial charge on any atom is -0.246 e. The van der Waals surface area contributed by atoms with Crippen molar-refractivity contribution in [1.82, 2.24) is 0 Å². The first kappa shape index (κ1) is 4.64. The molecule has 1 heteroatoms. The third-order valence-electron chi connectivity index (χ3n) is 1.03. The van der Waals surface area contributed by atoms with Crippen molar-refractivity contribution in [2.45, 2.75) is 25.4 Å². The molecule has 0 bridgehead atoms. The molecule has 0 fully saturated rings. The van der Waals surface area contributed by atoms with Crippen molar-refractivity contribution in [2.24, 2.45) is 0 Å². The van der Waals surface area contributed by atoms with Gasteiger partial charge in [0, 0.05) is 12.8 Å². The van der Waals surface area contributed by atoms with Gasteiger partial charge in [-0.2, -0.15) is 0 Å². The molecule has 1 rings (SSSR count). The second kappa shape index (κ2) is 1.97. The lowest BCUT2D eigenvalue weighted by Gasteiger charge is -2.02. The normalized spacial score (nSPS) is 28.4. The van der Waals surface area contributed by atoms with E-state index in [0.717, 1.165) is 6.42 Å². The molecule has 7 heavy (non-hydrogen) atoms. The average Bonchev–Trinajstić information content (AvgIpc) is 1.69. The van der Waals surface area contributed by atoms with Crippen LogP contribution in [0.25, 0.3) is 0 Å². The number of hydrogen-bond donors (Lipinski definition) is 0. The summed E-state index contributed by atoms with van der Waals surface area (Å²) in [6, 6.07) is 0. The van der Waals surface area contributed by atoms with Gasteiger partial charge in [-0.3, -0.25) is 0 Å². The Bertz CT molecular complexity index is 107. The van der Waals surface area contributed by atoms with Crippen LogP contribution in [0.5, 0.6) is 0 Å². The van der Waals surface area contributed by atoms with Crippen molar-refractivity contribution in [3.63, 3.8) is 0 Å². The van der Waals surface area contributed by atoms with Crippen LogP contribution in [0.2, 0.25) is 0 Å². The van der Waals surface area contributed by atoms with E-state index in [1.807, 2.05) is 0 Å². The Morgan fingerprint density at radius 3 is 2.57 bits per heavy atom. The molecule has 0 aromatic carbocycles. The smallest absolute Gasteiger partial charge is 0.112 e. The minimum absolute atomic E-state index is 0.458. The summed E-state index contributed by atoms with van der Waals surface area (Å²) in [6.45, 7) is 0. The standard InChI is InChI=1S/C6H7F/c7-6-4-2-1-3-5-6/h6H,2,4-5H2. The van der Waals surface area contributed by atoms with Crippen LogP contribution in [0.15, 0.2) is 0 Å². The van der Waals surface area contributed by atoms with Crippen LogP contribution >= 0.6 is 0 Å². The molecule has 0 saturated heterocycles. The summed E-state index contributed by atoms with van der Waals surface area (Å²) >= 11 is 0. The van der Waals surface area contributed by atoms with E-state index >= 15 is 0 Å². The van der Waals surface area contributed by atoms with Gasteiger partial charge in [0.2, 0.25) is 0 Å². The first-order chi connectivity index (χ1) is 3.39. The lowest BCUT2D eigenvalue weighted by Crippen LogP contribution is -2.00. The first-order valence-electron chi connectivity index (χ1n) is 2.49. The Labute approximate surface area is 42.7 Å². The highest BCUT2D eigenvalue weighted by Crippen LogP contribution is 2.08. The monoisotopic (exact) mass is 98.1 g/mol. The molecule has 0 spiro atoms. The van der Waals surface area contributed by atoms with Crippen molar-refractivity contribution in [2.75, 3.05) is 0 Å². The van der Waals surface area contributed by atoms with E-state index in [2.05, 4.69) is 11.8 Å². The van der Waals surface area contributed by atoms with Crippen LogP contribution in [-0.2, 0) is 0 Å². The Kier molecular flexibility index (Phi) is 1.31. The number of rotatable bonds is 0. The molecule has 1 aliphatic carbocycles. The molecular formula is C6H7F. The molecule has 0 aromatic heterocycles.